The van der Waals surface area contributed by atoms with Crippen LogP contribution in [0.2, 0.25) is 0 Å². The normalized spacial score (nSPS) is 17.9. The summed E-state index contributed by atoms with van der Waals surface area (Å²) in [7, 11) is 2.15. The monoisotopic (exact) mass is 418 g/mol. The zero-order chi connectivity index (χ0) is 21.2. The van der Waals surface area contributed by atoms with Gasteiger partial charge in [-0.1, -0.05) is 12.1 Å². The SMILES string of the molecule is CN1CCN(c2cc(N3CCN(C(=O)c4cnc5ccccc5n4)CC3)ncn2)CC1. The van der Waals surface area contributed by atoms with Gasteiger partial charge in [0.1, 0.15) is 23.7 Å². The summed E-state index contributed by atoms with van der Waals surface area (Å²) in [6.45, 7) is 6.74. The van der Waals surface area contributed by atoms with E-state index in [1.165, 1.54) is 0 Å². The number of carbonyl (C=O) groups excluding carboxylic acids is 1. The molecular weight excluding hydrogens is 392 g/mol. The molecule has 0 unspecified atom stereocenters. The molecule has 2 aromatic heterocycles. The molecule has 1 amide bonds. The molecule has 5 rings (SSSR count). The molecule has 0 atom stereocenters. The fourth-order valence-corrected chi connectivity index (χ4v) is 4.08. The van der Waals surface area contributed by atoms with Crippen molar-refractivity contribution in [3.8, 4) is 0 Å². The first kappa shape index (κ1) is 19.6. The van der Waals surface area contributed by atoms with E-state index in [-0.39, 0.29) is 5.91 Å². The maximum absolute atomic E-state index is 12.9. The van der Waals surface area contributed by atoms with Gasteiger partial charge in [-0.25, -0.2) is 15.0 Å². The Bertz CT molecular complexity index is 1070. The Morgan fingerprint density at radius 2 is 1.42 bits per heavy atom. The van der Waals surface area contributed by atoms with Crippen molar-refractivity contribution in [2.75, 3.05) is 69.2 Å². The highest BCUT2D eigenvalue weighted by Gasteiger charge is 2.25. The molecule has 4 heterocycles. The van der Waals surface area contributed by atoms with Crippen molar-refractivity contribution >= 4 is 28.6 Å². The minimum Gasteiger partial charge on any atom is -0.354 e. The number of rotatable bonds is 3. The van der Waals surface area contributed by atoms with Crippen LogP contribution in [0, 0.1) is 0 Å². The standard InChI is InChI=1S/C22H26N8O/c1-27-6-8-28(9-7-27)20-14-21(25-16-24-20)29-10-12-30(13-11-29)22(31)19-15-23-17-4-2-3-5-18(17)26-19/h2-5,14-16H,6-13H2,1H3. The highest BCUT2D eigenvalue weighted by atomic mass is 16.2. The Morgan fingerprint density at radius 3 is 2.10 bits per heavy atom. The van der Waals surface area contributed by atoms with Gasteiger partial charge in [-0.15, -0.1) is 0 Å². The van der Waals surface area contributed by atoms with E-state index in [2.05, 4.69) is 47.7 Å². The van der Waals surface area contributed by atoms with E-state index >= 15 is 0 Å². The number of nitrogens with zero attached hydrogens (tertiary/aromatic N) is 8. The Labute approximate surface area is 181 Å². The van der Waals surface area contributed by atoms with Gasteiger partial charge in [0, 0.05) is 58.4 Å². The van der Waals surface area contributed by atoms with Crippen LogP contribution in [0.1, 0.15) is 10.5 Å². The van der Waals surface area contributed by atoms with Crippen LogP contribution in [-0.4, -0.2) is 95.0 Å². The van der Waals surface area contributed by atoms with Gasteiger partial charge in [0.2, 0.25) is 0 Å². The number of likely N-dealkylation sites (N-methyl/N-ethyl adjacent to an activating group) is 1. The van der Waals surface area contributed by atoms with Crippen molar-refractivity contribution in [3.05, 3.63) is 48.5 Å². The van der Waals surface area contributed by atoms with Gasteiger partial charge >= 0.3 is 0 Å². The van der Waals surface area contributed by atoms with Crippen LogP contribution in [0.5, 0.6) is 0 Å². The summed E-state index contributed by atoms with van der Waals surface area (Å²) in [5, 5.41) is 0. The molecule has 0 spiro atoms. The molecule has 0 bridgehead atoms. The topological polar surface area (TPSA) is 81.6 Å². The second-order valence-corrected chi connectivity index (χ2v) is 8.05. The van der Waals surface area contributed by atoms with Crippen LogP contribution >= 0.6 is 0 Å². The average molecular weight is 419 g/mol. The first-order valence-electron chi connectivity index (χ1n) is 10.7. The maximum Gasteiger partial charge on any atom is 0.274 e. The molecule has 0 aliphatic carbocycles. The van der Waals surface area contributed by atoms with E-state index in [1.54, 1.807) is 12.5 Å². The number of hydrogen-bond acceptors (Lipinski definition) is 8. The number of benzene rings is 1. The van der Waals surface area contributed by atoms with Crippen LogP contribution in [0.3, 0.4) is 0 Å². The molecule has 0 N–H and O–H groups in total. The van der Waals surface area contributed by atoms with Crippen LogP contribution < -0.4 is 9.80 Å². The second kappa shape index (κ2) is 8.43. The van der Waals surface area contributed by atoms with E-state index in [1.807, 2.05) is 29.2 Å². The zero-order valence-electron chi connectivity index (χ0n) is 17.7. The molecule has 1 aromatic carbocycles. The van der Waals surface area contributed by atoms with Crippen molar-refractivity contribution in [1.82, 2.24) is 29.7 Å². The summed E-state index contributed by atoms with van der Waals surface area (Å²) >= 11 is 0. The Hall–Kier alpha value is -3.33. The molecule has 2 saturated heterocycles. The van der Waals surface area contributed by atoms with Crippen molar-refractivity contribution in [2.24, 2.45) is 0 Å². The summed E-state index contributed by atoms with van der Waals surface area (Å²) in [5.74, 6) is 1.82. The van der Waals surface area contributed by atoms with Gasteiger partial charge < -0.3 is 19.6 Å². The average Bonchev–Trinajstić information content (AvgIpc) is 2.84. The summed E-state index contributed by atoms with van der Waals surface area (Å²) in [4.78, 5) is 39.5. The number of carbonyl (C=O) groups is 1. The molecule has 31 heavy (non-hydrogen) atoms. The van der Waals surface area contributed by atoms with Crippen molar-refractivity contribution in [2.45, 2.75) is 0 Å². The number of aromatic nitrogens is 4. The van der Waals surface area contributed by atoms with E-state index in [0.29, 0.717) is 18.8 Å². The van der Waals surface area contributed by atoms with Crippen LogP contribution in [0.25, 0.3) is 11.0 Å². The summed E-state index contributed by atoms with van der Waals surface area (Å²) < 4.78 is 0. The first-order valence-corrected chi connectivity index (χ1v) is 10.7. The molecule has 0 radical (unpaired) electrons. The second-order valence-electron chi connectivity index (χ2n) is 8.05. The van der Waals surface area contributed by atoms with Gasteiger partial charge in [-0.3, -0.25) is 9.78 Å². The quantitative estimate of drug-likeness (QED) is 0.626. The van der Waals surface area contributed by atoms with E-state index in [0.717, 1.165) is 61.9 Å². The predicted molar refractivity (Wildman–Crippen MR) is 119 cm³/mol. The summed E-state index contributed by atoms with van der Waals surface area (Å²) in [5.41, 5.74) is 1.93. The Kier molecular flexibility index (Phi) is 5.33. The third kappa shape index (κ3) is 4.13. The highest BCUT2D eigenvalue weighted by molar-refractivity contribution is 5.94. The van der Waals surface area contributed by atoms with E-state index in [9.17, 15) is 4.79 Å². The third-order valence-corrected chi connectivity index (χ3v) is 6.02. The summed E-state index contributed by atoms with van der Waals surface area (Å²) in [6.07, 6.45) is 3.22. The fraction of sp³-hybridized carbons (Fsp3) is 0.409. The van der Waals surface area contributed by atoms with Crippen LogP contribution in [0.15, 0.2) is 42.9 Å². The van der Waals surface area contributed by atoms with Crippen molar-refractivity contribution < 1.29 is 4.79 Å². The number of hydrogen-bond donors (Lipinski definition) is 0. The minimum absolute atomic E-state index is 0.0706. The zero-order valence-corrected chi connectivity index (χ0v) is 17.7. The lowest BCUT2D eigenvalue weighted by Gasteiger charge is -2.36. The number of piperazine rings is 2. The lowest BCUT2D eigenvalue weighted by Crippen LogP contribution is -2.49. The van der Waals surface area contributed by atoms with Gasteiger partial charge in [-0.05, 0) is 19.2 Å². The van der Waals surface area contributed by atoms with Gasteiger partial charge in [0.15, 0.2) is 0 Å². The Morgan fingerprint density at radius 1 is 0.806 bits per heavy atom. The molecule has 9 nitrogen and oxygen atoms in total. The molecule has 9 heteroatoms. The smallest absolute Gasteiger partial charge is 0.274 e. The number of amides is 1. The molecule has 3 aromatic rings. The fourth-order valence-electron chi connectivity index (χ4n) is 4.08. The number of para-hydroxylation sites is 2. The largest absolute Gasteiger partial charge is 0.354 e. The molecule has 0 saturated carbocycles. The molecule has 2 fully saturated rings. The maximum atomic E-state index is 12.9. The lowest BCUT2D eigenvalue weighted by molar-refractivity contribution is 0.0740. The highest BCUT2D eigenvalue weighted by Crippen LogP contribution is 2.20. The first-order chi connectivity index (χ1) is 15.2. The van der Waals surface area contributed by atoms with Crippen molar-refractivity contribution in [3.63, 3.8) is 0 Å². The van der Waals surface area contributed by atoms with Crippen LogP contribution in [0.4, 0.5) is 11.6 Å². The minimum atomic E-state index is -0.0706. The number of fused-ring (bicyclic) bond motifs is 1. The molecular formula is C22H26N8O. The van der Waals surface area contributed by atoms with Gasteiger partial charge in [-0.2, -0.15) is 0 Å². The number of anilines is 2. The molecule has 2 aliphatic heterocycles. The molecule has 2 aliphatic rings. The summed E-state index contributed by atoms with van der Waals surface area (Å²) in [6, 6.07) is 9.66. The predicted octanol–water partition coefficient (Wildman–Crippen LogP) is 1.13. The van der Waals surface area contributed by atoms with E-state index < -0.39 is 0 Å². The van der Waals surface area contributed by atoms with Gasteiger partial charge in [0.05, 0.1) is 17.2 Å². The van der Waals surface area contributed by atoms with Crippen LogP contribution in [-0.2, 0) is 0 Å². The lowest BCUT2D eigenvalue weighted by atomic mass is 10.2. The van der Waals surface area contributed by atoms with E-state index in [4.69, 9.17) is 0 Å². The van der Waals surface area contributed by atoms with Crippen molar-refractivity contribution in [1.29, 1.82) is 0 Å². The molecule has 160 valence electrons. The third-order valence-electron chi connectivity index (χ3n) is 6.02. The Balaban J connectivity index is 1.24. The van der Waals surface area contributed by atoms with Gasteiger partial charge in [0.25, 0.3) is 5.91 Å².